The highest BCUT2D eigenvalue weighted by Gasteiger charge is 2.31. The molecule has 2 rings (SSSR count). The SMILES string of the molecule is CC(F)(F)c1c(Cl)cccc1CC1CCCN1. The molecular weight excluding hydrogens is 244 g/mol. The highest BCUT2D eigenvalue weighted by Crippen LogP contribution is 2.36. The first-order chi connectivity index (χ1) is 7.98. The molecule has 17 heavy (non-hydrogen) atoms. The number of halogens is 3. The van der Waals surface area contributed by atoms with Crippen molar-refractivity contribution in [1.29, 1.82) is 0 Å². The van der Waals surface area contributed by atoms with Crippen molar-refractivity contribution in [2.24, 2.45) is 0 Å². The molecule has 0 saturated carbocycles. The number of benzene rings is 1. The second-order valence-corrected chi connectivity index (χ2v) is 5.07. The van der Waals surface area contributed by atoms with E-state index in [1.165, 1.54) is 6.07 Å². The van der Waals surface area contributed by atoms with Gasteiger partial charge in [0.2, 0.25) is 0 Å². The van der Waals surface area contributed by atoms with Crippen molar-refractivity contribution >= 4 is 11.6 Å². The van der Waals surface area contributed by atoms with Crippen LogP contribution in [-0.2, 0) is 12.3 Å². The second-order valence-electron chi connectivity index (χ2n) is 4.66. The molecule has 0 aliphatic carbocycles. The standard InChI is InChI=1S/C13H16ClF2N/c1-13(15,16)12-9(4-2-6-11(12)14)8-10-5-3-7-17-10/h2,4,6,10,17H,3,5,7-8H2,1H3. The number of rotatable bonds is 3. The highest BCUT2D eigenvalue weighted by molar-refractivity contribution is 6.31. The molecule has 0 spiro atoms. The van der Waals surface area contributed by atoms with Gasteiger partial charge in [-0.05, 0) is 37.4 Å². The molecule has 4 heteroatoms. The average Bonchev–Trinajstić information content (AvgIpc) is 2.68. The Labute approximate surface area is 105 Å². The van der Waals surface area contributed by atoms with Crippen molar-refractivity contribution in [3.05, 3.63) is 34.3 Å². The summed E-state index contributed by atoms with van der Waals surface area (Å²) >= 11 is 5.90. The molecule has 1 fully saturated rings. The van der Waals surface area contributed by atoms with Crippen LogP contribution >= 0.6 is 11.6 Å². The molecule has 0 bridgehead atoms. The molecule has 94 valence electrons. The number of alkyl halides is 2. The van der Waals surface area contributed by atoms with Crippen LogP contribution in [0.3, 0.4) is 0 Å². The lowest BCUT2D eigenvalue weighted by Gasteiger charge is -2.19. The smallest absolute Gasteiger partial charge is 0.272 e. The van der Waals surface area contributed by atoms with Crippen molar-refractivity contribution in [3.8, 4) is 0 Å². The molecule has 1 heterocycles. The number of hydrogen-bond acceptors (Lipinski definition) is 1. The van der Waals surface area contributed by atoms with Gasteiger partial charge < -0.3 is 5.32 Å². The van der Waals surface area contributed by atoms with Gasteiger partial charge >= 0.3 is 0 Å². The van der Waals surface area contributed by atoms with Crippen molar-refractivity contribution in [1.82, 2.24) is 5.32 Å². The second kappa shape index (κ2) is 4.91. The van der Waals surface area contributed by atoms with Gasteiger partial charge in [0.25, 0.3) is 5.92 Å². The molecule has 1 aromatic rings. The third-order valence-corrected chi connectivity index (χ3v) is 3.48. The molecule has 1 aliphatic rings. The van der Waals surface area contributed by atoms with Crippen LogP contribution in [0.4, 0.5) is 8.78 Å². The molecule has 1 aliphatic heterocycles. The van der Waals surface area contributed by atoms with E-state index in [2.05, 4.69) is 5.32 Å². The van der Waals surface area contributed by atoms with Gasteiger partial charge in [0, 0.05) is 18.5 Å². The lowest BCUT2D eigenvalue weighted by atomic mass is 9.96. The Morgan fingerprint density at radius 2 is 2.24 bits per heavy atom. The van der Waals surface area contributed by atoms with E-state index in [9.17, 15) is 8.78 Å². The number of nitrogens with one attached hydrogen (secondary N) is 1. The van der Waals surface area contributed by atoms with E-state index < -0.39 is 5.92 Å². The summed E-state index contributed by atoms with van der Waals surface area (Å²) in [6.07, 6.45) is 2.78. The van der Waals surface area contributed by atoms with Gasteiger partial charge in [0.05, 0.1) is 5.02 Å². The normalized spacial score (nSPS) is 20.8. The fourth-order valence-corrected chi connectivity index (χ4v) is 2.79. The van der Waals surface area contributed by atoms with E-state index in [-0.39, 0.29) is 10.6 Å². The molecule has 0 amide bonds. The summed E-state index contributed by atoms with van der Waals surface area (Å²) in [5.41, 5.74) is 0.639. The molecule has 1 aromatic carbocycles. The van der Waals surface area contributed by atoms with Crippen LogP contribution in [0, 0.1) is 0 Å². The summed E-state index contributed by atoms with van der Waals surface area (Å²) in [4.78, 5) is 0. The van der Waals surface area contributed by atoms with Gasteiger partial charge in [-0.2, -0.15) is 0 Å². The van der Waals surface area contributed by atoms with Gasteiger partial charge in [0.15, 0.2) is 0 Å². The first-order valence-electron chi connectivity index (χ1n) is 5.87. The predicted molar refractivity (Wildman–Crippen MR) is 65.7 cm³/mol. The van der Waals surface area contributed by atoms with Crippen LogP contribution < -0.4 is 5.32 Å². The van der Waals surface area contributed by atoms with Gasteiger partial charge in [-0.3, -0.25) is 0 Å². The number of hydrogen-bond donors (Lipinski definition) is 1. The topological polar surface area (TPSA) is 12.0 Å². The monoisotopic (exact) mass is 259 g/mol. The Kier molecular flexibility index (Phi) is 3.69. The molecule has 0 radical (unpaired) electrons. The highest BCUT2D eigenvalue weighted by atomic mass is 35.5. The molecule has 1 nitrogen and oxygen atoms in total. The van der Waals surface area contributed by atoms with E-state index in [1.807, 2.05) is 0 Å². The van der Waals surface area contributed by atoms with E-state index in [0.29, 0.717) is 18.0 Å². The summed E-state index contributed by atoms with van der Waals surface area (Å²) in [7, 11) is 0. The van der Waals surface area contributed by atoms with E-state index in [1.54, 1.807) is 12.1 Å². The van der Waals surface area contributed by atoms with Crippen molar-refractivity contribution in [2.75, 3.05) is 6.54 Å². The predicted octanol–water partition coefficient (Wildman–Crippen LogP) is 3.75. The summed E-state index contributed by atoms with van der Waals surface area (Å²) in [5.74, 6) is -2.88. The van der Waals surface area contributed by atoms with Gasteiger partial charge in [0.1, 0.15) is 0 Å². The quantitative estimate of drug-likeness (QED) is 0.872. The summed E-state index contributed by atoms with van der Waals surface area (Å²) in [5, 5.41) is 3.48. The summed E-state index contributed by atoms with van der Waals surface area (Å²) in [6.45, 7) is 1.88. The maximum atomic E-state index is 13.5. The van der Waals surface area contributed by atoms with Crippen LogP contribution in [-0.4, -0.2) is 12.6 Å². The van der Waals surface area contributed by atoms with Gasteiger partial charge in [-0.25, -0.2) is 8.78 Å². The zero-order valence-electron chi connectivity index (χ0n) is 9.77. The Bertz CT molecular complexity index is 395. The van der Waals surface area contributed by atoms with Crippen molar-refractivity contribution in [2.45, 2.75) is 38.2 Å². The molecule has 0 aromatic heterocycles. The minimum absolute atomic E-state index is 0.0182. The molecule has 1 atom stereocenters. The minimum atomic E-state index is -2.88. The van der Waals surface area contributed by atoms with Crippen molar-refractivity contribution in [3.63, 3.8) is 0 Å². The average molecular weight is 260 g/mol. The van der Waals surface area contributed by atoms with E-state index >= 15 is 0 Å². The van der Waals surface area contributed by atoms with Gasteiger partial charge in [-0.1, -0.05) is 23.7 Å². The largest absolute Gasteiger partial charge is 0.314 e. The zero-order chi connectivity index (χ0) is 12.5. The fourth-order valence-electron chi connectivity index (χ4n) is 2.43. The van der Waals surface area contributed by atoms with Crippen LogP contribution in [0.15, 0.2) is 18.2 Å². The molecule has 1 unspecified atom stereocenters. The van der Waals surface area contributed by atoms with Crippen LogP contribution in [0.2, 0.25) is 5.02 Å². The first kappa shape index (κ1) is 12.8. The van der Waals surface area contributed by atoms with Crippen molar-refractivity contribution < 1.29 is 8.78 Å². The van der Waals surface area contributed by atoms with E-state index in [0.717, 1.165) is 26.3 Å². The maximum Gasteiger partial charge on any atom is 0.272 e. The Morgan fingerprint density at radius 1 is 1.47 bits per heavy atom. The summed E-state index contributed by atoms with van der Waals surface area (Å²) in [6, 6.07) is 5.31. The molecular formula is C13H16ClF2N. The summed E-state index contributed by atoms with van der Waals surface area (Å²) < 4.78 is 27.1. The lowest BCUT2D eigenvalue weighted by Crippen LogP contribution is -2.25. The third-order valence-electron chi connectivity index (χ3n) is 3.17. The fraction of sp³-hybridized carbons (Fsp3) is 0.538. The molecule has 1 saturated heterocycles. The Morgan fingerprint density at radius 3 is 2.82 bits per heavy atom. The first-order valence-corrected chi connectivity index (χ1v) is 6.25. The van der Waals surface area contributed by atoms with E-state index in [4.69, 9.17) is 11.6 Å². The van der Waals surface area contributed by atoms with Crippen LogP contribution in [0.1, 0.15) is 30.9 Å². The van der Waals surface area contributed by atoms with Gasteiger partial charge in [-0.15, -0.1) is 0 Å². The lowest BCUT2D eigenvalue weighted by molar-refractivity contribution is 0.0166. The zero-order valence-corrected chi connectivity index (χ0v) is 10.5. The Balaban J connectivity index is 2.29. The Hall–Kier alpha value is -0.670. The van der Waals surface area contributed by atoms with Crippen LogP contribution in [0.5, 0.6) is 0 Å². The maximum absolute atomic E-state index is 13.5. The molecule has 1 N–H and O–H groups in total. The minimum Gasteiger partial charge on any atom is -0.314 e. The third kappa shape index (κ3) is 2.96. The van der Waals surface area contributed by atoms with Crippen LogP contribution in [0.25, 0.3) is 0 Å².